The van der Waals surface area contributed by atoms with E-state index in [9.17, 15) is 4.79 Å². The van der Waals surface area contributed by atoms with Gasteiger partial charge in [-0.05, 0) is 36.2 Å². The Bertz CT molecular complexity index is 611. The van der Waals surface area contributed by atoms with Crippen LogP contribution in [0.25, 0.3) is 0 Å². The number of amides is 1. The highest BCUT2D eigenvalue weighted by Gasteiger charge is 2.09. The molecule has 1 amide bonds. The van der Waals surface area contributed by atoms with E-state index in [1.807, 2.05) is 37.3 Å². The molecule has 0 spiro atoms. The summed E-state index contributed by atoms with van der Waals surface area (Å²) in [6.45, 7) is 2.28. The minimum atomic E-state index is -0.150. The van der Waals surface area contributed by atoms with Crippen molar-refractivity contribution in [3.63, 3.8) is 0 Å². The van der Waals surface area contributed by atoms with E-state index in [0.29, 0.717) is 22.8 Å². The number of nitrogens with one attached hydrogen (secondary N) is 1. The maximum atomic E-state index is 12.1. The minimum Gasteiger partial charge on any atom is -0.398 e. The number of para-hydroxylation sites is 1. The third-order valence-electron chi connectivity index (χ3n) is 2.94. The van der Waals surface area contributed by atoms with Crippen molar-refractivity contribution >= 4 is 23.2 Å². The van der Waals surface area contributed by atoms with Crippen molar-refractivity contribution in [3.05, 3.63) is 64.2 Å². The first-order chi connectivity index (χ1) is 9.08. The van der Waals surface area contributed by atoms with Crippen molar-refractivity contribution in [2.45, 2.75) is 13.5 Å². The molecule has 0 atom stereocenters. The molecule has 0 aliphatic carbocycles. The summed E-state index contributed by atoms with van der Waals surface area (Å²) in [6.07, 6.45) is 0. The van der Waals surface area contributed by atoms with Crippen LogP contribution >= 0.6 is 11.6 Å². The number of carbonyl (C=O) groups excluding carboxylic acids is 1. The molecule has 0 saturated heterocycles. The molecule has 3 nitrogen and oxygen atoms in total. The van der Waals surface area contributed by atoms with Crippen LogP contribution in [0.15, 0.2) is 42.5 Å². The first-order valence-electron chi connectivity index (χ1n) is 5.95. The van der Waals surface area contributed by atoms with Crippen molar-refractivity contribution in [2.24, 2.45) is 0 Å². The summed E-state index contributed by atoms with van der Waals surface area (Å²) in [4.78, 5) is 12.1. The fourth-order valence-corrected chi connectivity index (χ4v) is 1.98. The molecule has 0 unspecified atom stereocenters. The Morgan fingerprint density at radius 3 is 2.74 bits per heavy atom. The smallest absolute Gasteiger partial charge is 0.251 e. The summed E-state index contributed by atoms with van der Waals surface area (Å²) in [7, 11) is 0. The second-order valence-corrected chi connectivity index (χ2v) is 4.78. The number of hydrogen-bond donors (Lipinski definition) is 2. The van der Waals surface area contributed by atoms with Gasteiger partial charge in [0.05, 0.1) is 0 Å². The van der Waals surface area contributed by atoms with E-state index in [0.717, 1.165) is 11.1 Å². The summed E-state index contributed by atoms with van der Waals surface area (Å²) in [5.74, 6) is -0.150. The van der Waals surface area contributed by atoms with E-state index in [-0.39, 0.29) is 5.91 Å². The fraction of sp³-hybridized carbons (Fsp3) is 0.133. The molecular formula is C15H15ClN2O. The average Bonchev–Trinajstić information content (AvgIpc) is 2.40. The molecular weight excluding hydrogens is 260 g/mol. The molecule has 0 aliphatic rings. The Kier molecular flexibility index (Phi) is 4.07. The van der Waals surface area contributed by atoms with Gasteiger partial charge >= 0.3 is 0 Å². The second-order valence-electron chi connectivity index (χ2n) is 4.34. The summed E-state index contributed by atoms with van der Waals surface area (Å²) in [5.41, 5.74) is 8.87. The molecule has 3 N–H and O–H groups in total. The molecule has 0 bridgehead atoms. The third kappa shape index (κ3) is 3.26. The average molecular weight is 275 g/mol. The Morgan fingerprint density at radius 2 is 2.00 bits per heavy atom. The highest BCUT2D eigenvalue weighted by Crippen LogP contribution is 2.16. The molecule has 0 heterocycles. The van der Waals surface area contributed by atoms with E-state index in [1.54, 1.807) is 12.1 Å². The zero-order valence-electron chi connectivity index (χ0n) is 10.6. The maximum Gasteiger partial charge on any atom is 0.251 e. The van der Waals surface area contributed by atoms with Crippen LogP contribution in [0.4, 0.5) is 5.69 Å². The predicted molar refractivity (Wildman–Crippen MR) is 78.2 cm³/mol. The normalized spacial score (nSPS) is 10.2. The van der Waals surface area contributed by atoms with E-state index < -0.39 is 0 Å². The van der Waals surface area contributed by atoms with E-state index in [1.165, 1.54) is 0 Å². The van der Waals surface area contributed by atoms with Crippen LogP contribution in [0, 0.1) is 6.92 Å². The molecule has 98 valence electrons. The molecule has 0 aliphatic heterocycles. The number of nitrogens with two attached hydrogens (primary N) is 1. The molecule has 19 heavy (non-hydrogen) atoms. The monoisotopic (exact) mass is 274 g/mol. The van der Waals surface area contributed by atoms with Crippen molar-refractivity contribution in [1.29, 1.82) is 0 Å². The number of nitrogen functional groups attached to an aromatic ring is 1. The van der Waals surface area contributed by atoms with Crippen molar-refractivity contribution in [1.82, 2.24) is 5.32 Å². The van der Waals surface area contributed by atoms with Gasteiger partial charge in [-0.25, -0.2) is 0 Å². The number of carbonyl (C=O) groups is 1. The number of anilines is 1. The van der Waals surface area contributed by atoms with Crippen molar-refractivity contribution in [3.8, 4) is 0 Å². The number of halogens is 1. The molecule has 0 aromatic heterocycles. The van der Waals surface area contributed by atoms with Crippen LogP contribution < -0.4 is 11.1 Å². The van der Waals surface area contributed by atoms with Gasteiger partial charge in [0.2, 0.25) is 0 Å². The van der Waals surface area contributed by atoms with Gasteiger partial charge < -0.3 is 11.1 Å². The first-order valence-corrected chi connectivity index (χ1v) is 6.33. The fourth-order valence-electron chi connectivity index (χ4n) is 1.80. The summed E-state index contributed by atoms with van der Waals surface area (Å²) in [5, 5.41) is 3.40. The van der Waals surface area contributed by atoms with Crippen LogP contribution in [0.3, 0.4) is 0 Å². The Morgan fingerprint density at radius 1 is 1.26 bits per heavy atom. The van der Waals surface area contributed by atoms with Gasteiger partial charge in [0.1, 0.15) is 0 Å². The lowest BCUT2D eigenvalue weighted by Crippen LogP contribution is -2.24. The van der Waals surface area contributed by atoms with Crippen molar-refractivity contribution in [2.75, 3.05) is 5.73 Å². The summed E-state index contributed by atoms with van der Waals surface area (Å²) < 4.78 is 0. The topological polar surface area (TPSA) is 55.1 Å². The van der Waals surface area contributed by atoms with Gasteiger partial charge in [-0.2, -0.15) is 0 Å². The van der Waals surface area contributed by atoms with E-state index >= 15 is 0 Å². The zero-order valence-corrected chi connectivity index (χ0v) is 11.4. The highest BCUT2D eigenvalue weighted by atomic mass is 35.5. The van der Waals surface area contributed by atoms with Crippen LogP contribution in [0.2, 0.25) is 5.02 Å². The Labute approximate surface area is 117 Å². The predicted octanol–water partition coefficient (Wildman–Crippen LogP) is 3.16. The van der Waals surface area contributed by atoms with Gasteiger partial charge in [-0.1, -0.05) is 35.9 Å². The molecule has 0 fully saturated rings. The molecule has 0 saturated carbocycles. The molecule has 0 radical (unpaired) electrons. The SMILES string of the molecule is Cc1ccc(Cl)cc1C(=O)NCc1ccccc1N. The minimum absolute atomic E-state index is 0.150. The quantitative estimate of drug-likeness (QED) is 0.845. The summed E-state index contributed by atoms with van der Waals surface area (Å²) >= 11 is 5.90. The maximum absolute atomic E-state index is 12.1. The number of hydrogen-bond acceptors (Lipinski definition) is 2. The van der Waals surface area contributed by atoms with Crippen LogP contribution in [-0.2, 0) is 6.54 Å². The summed E-state index contributed by atoms with van der Waals surface area (Å²) in [6, 6.07) is 12.7. The van der Waals surface area contributed by atoms with E-state index in [4.69, 9.17) is 17.3 Å². The van der Waals surface area contributed by atoms with E-state index in [2.05, 4.69) is 5.32 Å². The lowest BCUT2D eigenvalue weighted by Gasteiger charge is -2.09. The van der Waals surface area contributed by atoms with Crippen molar-refractivity contribution < 1.29 is 4.79 Å². The molecule has 2 aromatic carbocycles. The van der Waals surface area contributed by atoms with Gasteiger partial charge in [0, 0.05) is 22.8 Å². The standard InChI is InChI=1S/C15H15ClN2O/c1-10-6-7-12(16)8-13(10)15(19)18-9-11-4-2-3-5-14(11)17/h2-8H,9,17H2,1H3,(H,18,19). The third-order valence-corrected chi connectivity index (χ3v) is 3.17. The van der Waals surface area contributed by atoms with Crippen LogP contribution in [-0.4, -0.2) is 5.91 Å². The highest BCUT2D eigenvalue weighted by molar-refractivity contribution is 6.31. The van der Waals surface area contributed by atoms with Gasteiger partial charge in [0.15, 0.2) is 0 Å². The number of benzene rings is 2. The van der Waals surface area contributed by atoms with Crippen LogP contribution in [0.5, 0.6) is 0 Å². The number of aryl methyl sites for hydroxylation is 1. The Balaban J connectivity index is 2.10. The van der Waals surface area contributed by atoms with Gasteiger partial charge in [-0.3, -0.25) is 4.79 Å². The molecule has 2 aromatic rings. The van der Waals surface area contributed by atoms with Gasteiger partial charge in [-0.15, -0.1) is 0 Å². The zero-order chi connectivity index (χ0) is 13.8. The second kappa shape index (κ2) is 5.76. The largest absolute Gasteiger partial charge is 0.398 e. The Hall–Kier alpha value is -2.00. The molecule has 2 rings (SSSR count). The molecule has 4 heteroatoms. The first kappa shape index (κ1) is 13.4. The lowest BCUT2D eigenvalue weighted by atomic mass is 10.1. The van der Waals surface area contributed by atoms with Gasteiger partial charge in [0.25, 0.3) is 5.91 Å². The lowest BCUT2D eigenvalue weighted by molar-refractivity contribution is 0.0950. The number of rotatable bonds is 3. The van der Waals surface area contributed by atoms with Crippen LogP contribution in [0.1, 0.15) is 21.5 Å².